The Hall–Kier alpha value is -3.94. The molecule has 0 radical (unpaired) electrons. The van der Waals surface area contributed by atoms with E-state index in [9.17, 15) is 9.59 Å². The number of nitrogens with one attached hydrogen (secondary N) is 1. The summed E-state index contributed by atoms with van der Waals surface area (Å²) in [5.74, 6) is -0.525. The molecule has 0 bridgehead atoms. The van der Waals surface area contributed by atoms with Crippen LogP contribution in [0.5, 0.6) is 0 Å². The van der Waals surface area contributed by atoms with Crippen LogP contribution in [0.25, 0.3) is 17.1 Å². The molecule has 8 heteroatoms. The number of carbonyl (C=O) groups excluding carboxylic acids is 2. The number of nitrogens with zero attached hydrogens (tertiary/aromatic N) is 3. The van der Waals surface area contributed by atoms with Crippen molar-refractivity contribution in [1.82, 2.24) is 19.7 Å². The molecule has 0 aliphatic rings. The third-order valence-corrected chi connectivity index (χ3v) is 4.76. The molecule has 1 aromatic carbocycles. The fourth-order valence-electron chi connectivity index (χ4n) is 3.26. The van der Waals surface area contributed by atoms with Crippen LogP contribution in [0.3, 0.4) is 0 Å². The van der Waals surface area contributed by atoms with E-state index in [2.05, 4.69) is 27.4 Å². The third kappa shape index (κ3) is 4.07. The number of hydrogen-bond acceptors (Lipinski definition) is 5. The molecule has 4 aromatic rings. The smallest absolute Gasteiger partial charge is 0.271 e. The maximum absolute atomic E-state index is 12.9. The number of furan rings is 1. The number of carbonyl (C=O) groups is 2. The van der Waals surface area contributed by atoms with Crippen molar-refractivity contribution in [2.24, 2.45) is 5.73 Å². The summed E-state index contributed by atoms with van der Waals surface area (Å²) >= 11 is 0. The fraction of sp³-hybridized carbons (Fsp3) is 0.182. The van der Waals surface area contributed by atoms with Crippen LogP contribution >= 0.6 is 0 Å². The zero-order chi connectivity index (χ0) is 20.9. The molecule has 0 unspecified atom stereocenters. The molecular formula is C22H21N5O3. The molecule has 0 spiro atoms. The van der Waals surface area contributed by atoms with Gasteiger partial charge in [-0.3, -0.25) is 14.0 Å². The van der Waals surface area contributed by atoms with Crippen molar-refractivity contribution in [3.8, 4) is 11.5 Å². The van der Waals surface area contributed by atoms with Gasteiger partial charge in [0.25, 0.3) is 11.8 Å². The number of benzene rings is 1. The Morgan fingerprint density at radius 3 is 2.67 bits per heavy atom. The summed E-state index contributed by atoms with van der Waals surface area (Å²) in [6.45, 7) is 0.531. The highest BCUT2D eigenvalue weighted by Gasteiger charge is 2.20. The fourth-order valence-corrected chi connectivity index (χ4v) is 3.26. The molecule has 3 heterocycles. The molecule has 8 nitrogen and oxygen atoms in total. The van der Waals surface area contributed by atoms with Crippen LogP contribution in [0.4, 0.5) is 0 Å². The summed E-state index contributed by atoms with van der Waals surface area (Å²) < 4.78 is 6.86. The van der Waals surface area contributed by atoms with Gasteiger partial charge in [0.05, 0.1) is 6.26 Å². The lowest BCUT2D eigenvalue weighted by atomic mass is 10.1. The first-order valence-corrected chi connectivity index (χ1v) is 9.67. The Morgan fingerprint density at radius 2 is 1.93 bits per heavy atom. The van der Waals surface area contributed by atoms with Crippen molar-refractivity contribution in [2.45, 2.75) is 19.3 Å². The molecule has 4 rings (SSSR count). The van der Waals surface area contributed by atoms with Gasteiger partial charge in [-0.25, -0.2) is 9.97 Å². The normalized spacial score (nSPS) is 10.9. The SMILES string of the molecule is NC(=O)c1ncn2c(C(=O)NCCCCc3ccccc3)cc(-c3ccco3)nc12. The van der Waals surface area contributed by atoms with Crippen molar-refractivity contribution in [3.05, 3.63) is 78.1 Å². The van der Waals surface area contributed by atoms with Gasteiger partial charge in [-0.1, -0.05) is 30.3 Å². The van der Waals surface area contributed by atoms with E-state index in [0.717, 1.165) is 19.3 Å². The summed E-state index contributed by atoms with van der Waals surface area (Å²) in [7, 11) is 0. The van der Waals surface area contributed by atoms with E-state index in [1.807, 2.05) is 18.2 Å². The maximum Gasteiger partial charge on any atom is 0.271 e. The number of rotatable bonds is 8. The van der Waals surface area contributed by atoms with Crippen LogP contribution < -0.4 is 11.1 Å². The number of fused-ring (bicyclic) bond motifs is 1. The average molecular weight is 403 g/mol. The van der Waals surface area contributed by atoms with Gasteiger partial charge in [0.2, 0.25) is 0 Å². The summed E-state index contributed by atoms with van der Waals surface area (Å²) in [4.78, 5) is 33.0. The molecule has 0 atom stereocenters. The second kappa shape index (κ2) is 8.60. The Labute approximate surface area is 172 Å². The second-order valence-corrected chi connectivity index (χ2v) is 6.85. The molecule has 0 fully saturated rings. The van der Waals surface area contributed by atoms with Crippen molar-refractivity contribution < 1.29 is 14.0 Å². The van der Waals surface area contributed by atoms with Crippen molar-refractivity contribution in [3.63, 3.8) is 0 Å². The Balaban J connectivity index is 1.50. The molecule has 0 saturated carbocycles. The molecule has 3 N–H and O–H groups in total. The lowest BCUT2D eigenvalue weighted by Gasteiger charge is -2.09. The number of unbranched alkanes of at least 4 members (excludes halogenated alkanes) is 1. The number of hydrogen-bond donors (Lipinski definition) is 2. The van der Waals surface area contributed by atoms with Crippen LogP contribution in [-0.2, 0) is 6.42 Å². The van der Waals surface area contributed by atoms with E-state index in [1.165, 1.54) is 22.6 Å². The predicted molar refractivity (Wildman–Crippen MR) is 111 cm³/mol. The van der Waals surface area contributed by atoms with E-state index in [1.54, 1.807) is 18.2 Å². The van der Waals surface area contributed by atoms with E-state index >= 15 is 0 Å². The van der Waals surface area contributed by atoms with Crippen LogP contribution in [0, 0.1) is 0 Å². The number of aryl methyl sites for hydroxylation is 1. The standard InChI is InChI=1S/C22H21N5O3/c23-20(28)19-21-26-16(18-10-6-12-30-18)13-17(27(21)14-25-19)22(29)24-11-5-4-9-15-7-2-1-3-8-15/h1-3,6-8,10,12-14H,4-5,9,11H2,(H2,23,28)(H,24,29). The minimum Gasteiger partial charge on any atom is -0.463 e. The highest BCUT2D eigenvalue weighted by Crippen LogP contribution is 2.21. The van der Waals surface area contributed by atoms with E-state index < -0.39 is 5.91 Å². The first-order valence-electron chi connectivity index (χ1n) is 9.67. The van der Waals surface area contributed by atoms with Gasteiger partial charge in [0.15, 0.2) is 17.1 Å². The summed E-state index contributed by atoms with van der Waals surface area (Å²) in [5.41, 5.74) is 7.62. The predicted octanol–water partition coefficient (Wildman–Crippen LogP) is 2.84. The highest BCUT2D eigenvalue weighted by molar-refractivity contribution is 5.99. The maximum atomic E-state index is 12.9. The van der Waals surface area contributed by atoms with Gasteiger partial charge < -0.3 is 15.5 Å². The van der Waals surface area contributed by atoms with Gasteiger partial charge in [-0.2, -0.15) is 0 Å². The van der Waals surface area contributed by atoms with Crippen molar-refractivity contribution >= 4 is 17.5 Å². The molecule has 2 amide bonds. The third-order valence-electron chi connectivity index (χ3n) is 4.76. The minimum atomic E-state index is -0.714. The van der Waals surface area contributed by atoms with Gasteiger partial charge >= 0.3 is 0 Å². The number of imidazole rings is 1. The number of amides is 2. The van der Waals surface area contributed by atoms with E-state index in [-0.39, 0.29) is 17.2 Å². The van der Waals surface area contributed by atoms with Crippen LogP contribution in [0.15, 0.2) is 65.5 Å². The van der Waals surface area contributed by atoms with E-state index in [0.29, 0.717) is 23.7 Å². The summed E-state index contributed by atoms with van der Waals surface area (Å²) in [5, 5.41) is 2.93. The van der Waals surface area contributed by atoms with Gasteiger partial charge in [0, 0.05) is 6.54 Å². The van der Waals surface area contributed by atoms with Gasteiger partial charge in [0.1, 0.15) is 17.7 Å². The number of nitrogens with two attached hydrogens (primary N) is 1. The molecule has 0 aliphatic heterocycles. The van der Waals surface area contributed by atoms with Crippen molar-refractivity contribution in [1.29, 1.82) is 0 Å². The zero-order valence-corrected chi connectivity index (χ0v) is 16.2. The first kappa shape index (κ1) is 19.4. The highest BCUT2D eigenvalue weighted by atomic mass is 16.3. The average Bonchev–Trinajstić information content (AvgIpc) is 3.43. The van der Waals surface area contributed by atoms with Gasteiger partial charge in [-0.15, -0.1) is 0 Å². The quantitative estimate of drug-likeness (QED) is 0.439. The van der Waals surface area contributed by atoms with Crippen LogP contribution in [0.2, 0.25) is 0 Å². The Morgan fingerprint density at radius 1 is 1.10 bits per heavy atom. The van der Waals surface area contributed by atoms with E-state index in [4.69, 9.17) is 10.2 Å². The van der Waals surface area contributed by atoms with Crippen molar-refractivity contribution in [2.75, 3.05) is 6.54 Å². The summed E-state index contributed by atoms with van der Waals surface area (Å²) in [6, 6.07) is 15.3. The molecule has 30 heavy (non-hydrogen) atoms. The Bertz CT molecular complexity index is 1170. The molecule has 0 saturated heterocycles. The van der Waals surface area contributed by atoms with Crippen LogP contribution in [0.1, 0.15) is 39.4 Å². The first-order chi connectivity index (χ1) is 14.6. The lowest BCUT2D eigenvalue weighted by molar-refractivity contribution is 0.0944. The molecular weight excluding hydrogens is 382 g/mol. The molecule has 152 valence electrons. The number of aromatic nitrogens is 3. The lowest BCUT2D eigenvalue weighted by Crippen LogP contribution is -2.27. The zero-order valence-electron chi connectivity index (χ0n) is 16.2. The molecule has 3 aromatic heterocycles. The minimum absolute atomic E-state index is 0.000294. The van der Waals surface area contributed by atoms with Gasteiger partial charge in [-0.05, 0) is 43.0 Å². The largest absolute Gasteiger partial charge is 0.463 e. The summed E-state index contributed by atoms with van der Waals surface area (Å²) in [6.07, 6.45) is 5.65. The topological polar surface area (TPSA) is 116 Å². The number of primary amides is 1. The van der Waals surface area contributed by atoms with Crippen LogP contribution in [-0.4, -0.2) is 32.7 Å². The monoisotopic (exact) mass is 403 g/mol. The Kier molecular flexibility index (Phi) is 5.56. The second-order valence-electron chi connectivity index (χ2n) is 6.85. The molecule has 0 aliphatic carbocycles.